The van der Waals surface area contributed by atoms with Gasteiger partial charge in [-0.1, -0.05) is 71.1 Å². The van der Waals surface area contributed by atoms with E-state index >= 15 is 0 Å². The van der Waals surface area contributed by atoms with Crippen molar-refractivity contribution in [3.63, 3.8) is 0 Å². The van der Waals surface area contributed by atoms with Crippen LogP contribution >= 0.6 is 0 Å². The van der Waals surface area contributed by atoms with Gasteiger partial charge in [0.25, 0.3) is 10.1 Å². The van der Waals surface area contributed by atoms with Crippen LogP contribution in [0.5, 0.6) is 0 Å². The van der Waals surface area contributed by atoms with Crippen molar-refractivity contribution in [3.8, 4) is 0 Å². The highest BCUT2D eigenvalue weighted by molar-refractivity contribution is 7.86. The van der Waals surface area contributed by atoms with Gasteiger partial charge >= 0.3 is 0 Å². The lowest BCUT2D eigenvalue weighted by Crippen LogP contribution is -2.20. The second-order valence-corrected chi connectivity index (χ2v) is 8.23. The molecular formula is C17H36O4S. The Bertz CT molecular complexity index is 339. The third-order valence-corrected chi connectivity index (χ3v) is 5.51. The topological polar surface area (TPSA) is 74.6 Å². The van der Waals surface area contributed by atoms with Gasteiger partial charge in [-0.05, 0) is 26.2 Å². The van der Waals surface area contributed by atoms with Crippen LogP contribution in [0.4, 0.5) is 0 Å². The molecular weight excluding hydrogens is 300 g/mol. The van der Waals surface area contributed by atoms with Crippen molar-refractivity contribution in [3.05, 3.63) is 0 Å². The van der Waals surface area contributed by atoms with E-state index < -0.39 is 15.4 Å². The second-order valence-electron chi connectivity index (χ2n) is 6.53. The first-order valence-corrected chi connectivity index (χ1v) is 10.5. The van der Waals surface area contributed by atoms with E-state index in [0.29, 0.717) is 12.8 Å². The van der Waals surface area contributed by atoms with Crippen LogP contribution in [0.15, 0.2) is 0 Å². The van der Waals surface area contributed by atoms with Gasteiger partial charge in [0, 0.05) is 0 Å². The Morgan fingerprint density at radius 1 is 0.773 bits per heavy atom. The van der Waals surface area contributed by atoms with Crippen molar-refractivity contribution in [2.75, 3.05) is 0 Å². The van der Waals surface area contributed by atoms with Crippen molar-refractivity contribution >= 4 is 10.1 Å². The Morgan fingerprint density at radius 2 is 1.18 bits per heavy atom. The number of rotatable bonds is 15. The predicted molar refractivity (Wildman–Crippen MR) is 92.7 cm³/mol. The molecule has 2 atom stereocenters. The molecule has 0 saturated heterocycles. The number of hydrogen-bond donors (Lipinski definition) is 2. The van der Waals surface area contributed by atoms with E-state index in [0.717, 1.165) is 44.9 Å². The molecule has 0 fully saturated rings. The van der Waals surface area contributed by atoms with E-state index in [9.17, 15) is 18.1 Å². The van der Waals surface area contributed by atoms with E-state index in [2.05, 4.69) is 6.92 Å². The maximum atomic E-state index is 11.4. The summed E-state index contributed by atoms with van der Waals surface area (Å²) in [5.41, 5.74) is 0. The summed E-state index contributed by atoms with van der Waals surface area (Å²) in [7, 11) is -3.92. The van der Waals surface area contributed by atoms with Crippen molar-refractivity contribution < 1.29 is 18.1 Å². The third kappa shape index (κ3) is 13.5. The van der Waals surface area contributed by atoms with Crippen molar-refractivity contribution in [1.29, 1.82) is 0 Å². The van der Waals surface area contributed by atoms with E-state index in [-0.39, 0.29) is 6.10 Å². The quantitative estimate of drug-likeness (QED) is 0.335. The third-order valence-electron chi connectivity index (χ3n) is 4.20. The summed E-state index contributed by atoms with van der Waals surface area (Å²) in [5, 5.41) is 8.57. The first-order chi connectivity index (χ1) is 10.4. The smallest absolute Gasteiger partial charge is 0.267 e. The molecule has 0 saturated carbocycles. The first kappa shape index (κ1) is 21.9. The zero-order chi connectivity index (χ0) is 16.8. The minimum absolute atomic E-state index is 0.287. The first-order valence-electron chi connectivity index (χ1n) is 9.02. The fraction of sp³-hybridized carbons (Fsp3) is 1.00. The summed E-state index contributed by atoms with van der Waals surface area (Å²) in [5.74, 6) is 0. The van der Waals surface area contributed by atoms with Crippen molar-refractivity contribution in [1.82, 2.24) is 0 Å². The second kappa shape index (κ2) is 13.3. The van der Waals surface area contributed by atoms with E-state index in [1.807, 2.05) is 0 Å². The number of aliphatic hydroxyl groups excluding tert-OH is 1. The molecule has 0 aromatic rings. The van der Waals surface area contributed by atoms with Crippen LogP contribution < -0.4 is 0 Å². The molecule has 0 aromatic carbocycles. The Balaban J connectivity index is 3.81. The normalized spacial score (nSPS) is 14.9. The molecule has 134 valence electrons. The zero-order valence-electron chi connectivity index (χ0n) is 14.5. The highest BCUT2D eigenvalue weighted by Gasteiger charge is 2.21. The fourth-order valence-corrected chi connectivity index (χ4v) is 3.69. The molecule has 0 aromatic heterocycles. The molecule has 4 nitrogen and oxygen atoms in total. The average Bonchev–Trinajstić information content (AvgIpc) is 2.42. The lowest BCUT2D eigenvalue weighted by molar-refractivity contribution is 0.180. The van der Waals surface area contributed by atoms with Gasteiger partial charge in [0.2, 0.25) is 0 Å². The van der Waals surface area contributed by atoms with Gasteiger partial charge < -0.3 is 5.11 Å². The van der Waals surface area contributed by atoms with Gasteiger partial charge in [-0.3, -0.25) is 4.55 Å². The molecule has 0 aliphatic carbocycles. The monoisotopic (exact) mass is 336 g/mol. The molecule has 2 N–H and O–H groups in total. The van der Waals surface area contributed by atoms with Crippen molar-refractivity contribution in [2.45, 2.75) is 109 Å². The number of aliphatic hydroxyl groups is 1. The molecule has 2 unspecified atom stereocenters. The van der Waals surface area contributed by atoms with Crippen LogP contribution in [0, 0.1) is 0 Å². The standard InChI is InChI=1S/C17H36O4S/c1-3-4-5-6-7-8-11-14-17(22(19,20)21)15-12-9-10-13-16(2)18/h16-18H,3-15H2,1-2H3,(H,19,20,21). The van der Waals surface area contributed by atoms with Gasteiger partial charge in [0.15, 0.2) is 0 Å². The minimum atomic E-state index is -3.92. The van der Waals surface area contributed by atoms with E-state index in [4.69, 9.17) is 0 Å². The van der Waals surface area contributed by atoms with E-state index in [1.54, 1.807) is 6.92 Å². The fourth-order valence-electron chi connectivity index (χ4n) is 2.76. The summed E-state index contributed by atoms with van der Waals surface area (Å²) < 4.78 is 32.2. The maximum Gasteiger partial charge on any atom is 0.267 e. The van der Waals surface area contributed by atoms with Gasteiger partial charge in [0.05, 0.1) is 11.4 Å². The van der Waals surface area contributed by atoms with Crippen molar-refractivity contribution in [2.24, 2.45) is 0 Å². The highest BCUT2D eigenvalue weighted by atomic mass is 32.2. The highest BCUT2D eigenvalue weighted by Crippen LogP contribution is 2.19. The van der Waals surface area contributed by atoms with Crippen LogP contribution in [-0.2, 0) is 10.1 Å². The van der Waals surface area contributed by atoms with Gasteiger partial charge in [-0.15, -0.1) is 0 Å². The molecule has 0 spiro atoms. The van der Waals surface area contributed by atoms with Gasteiger partial charge in [0.1, 0.15) is 0 Å². The summed E-state index contributed by atoms with van der Waals surface area (Å²) in [4.78, 5) is 0. The Morgan fingerprint density at radius 3 is 1.64 bits per heavy atom. The summed E-state index contributed by atoms with van der Waals surface area (Å²) >= 11 is 0. The lowest BCUT2D eigenvalue weighted by atomic mass is 10.0. The molecule has 0 rings (SSSR count). The Hall–Kier alpha value is -0.130. The Kier molecular flexibility index (Phi) is 13.2. The summed E-state index contributed by atoms with van der Waals surface area (Å²) in [6.07, 6.45) is 12.3. The maximum absolute atomic E-state index is 11.4. The predicted octanol–water partition coefficient (Wildman–Crippen LogP) is 4.71. The van der Waals surface area contributed by atoms with Crippen LogP contribution in [-0.4, -0.2) is 29.4 Å². The molecule has 0 bridgehead atoms. The van der Waals surface area contributed by atoms with Gasteiger partial charge in [-0.25, -0.2) is 0 Å². The Labute approximate surface area is 137 Å². The molecule has 0 amide bonds. The molecule has 0 aliphatic rings. The summed E-state index contributed by atoms with van der Waals surface area (Å²) in [6, 6.07) is 0. The van der Waals surface area contributed by atoms with Crippen LogP contribution in [0.1, 0.15) is 97.3 Å². The average molecular weight is 337 g/mol. The summed E-state index contributed by atoms with van der Waals surface area (Å²) in [6.45, 7) is 3.96. The van der Waals surface area contributed by atoms with Crippen LogP contribution in [0.3, 0.4) is 0 Å². The molecule has 0 aliphatic heterocycles. The SMILES string of the molecule is CCCCCCCCCC(CCCCCC(C)O)S(=O)(=O)O. The molecule has 0 radical (unpaired) electrons. The lowest BCUT2D eigenvalue weighted by Gasteiger charge is -2.14. The van der Waals surface area contributed by atoms with Gasteiger partial charge in [-0.2, -0.15) is 8.42 Å². The minimum Gasteiger partial charge on any atom is -0.393 e. The van der Waals surface area contributed by atoms with Crippen LogP contribution in [0.2, 0.25) is 0 Å². The molecule has 22 heavy (non-hydrogen) atoms. The van der Waals surface area contributed by atoms with Crippen LogP contribution in [0.25, 0.3) is 0 Å². The largest absolute Gasteiger partial charge is 0.393 e. The zero-order valence-corrected chi connectivity index (χ0v) is 15.3. The van der Waals surface area contributed by atoms with E-state index in [1.165, 1.54) is 25.7 Å². The number of hydrogen-bond acceptors (Lipinski definition) is 3. The molecule has 0 heterocycles. The number of unbranched alkanes of at least 4 members (excludes halogenated alkanes) is 8. The molecule has 5 heteroatoms.